The van der Waals surface area contributed by atoms with Crippen molar-refractivity contribution in [2.45, 2.75) is 27.7 Å². The summed E-state index contributed by atoms with van der Waals surface area (Å²) in [5.41, 5.74) is 1.27. The van der Waals surface area contributed by atoms with Crippen molar-refractivity contribution >= 4 is 16.7 Å². The molecule has 0 fully saturated rings. The molecule has 0 atom stereocenters. The standard InChI is InChI=1S/C10H12OS.C2H6/c1-8(2)7-12-9(3)10-5-4-6-11-10;1-2/h4-7H,3H2,1-2H3;1-2H3. The van der Waals surface area contributed by atoms with Gasteiger partial charge in [0.1, 0.15) is 5.76 Å². The van der Waals surface area contributed by atoms with E-state index >= 15 is 0 Å². The Morgan fingerprint density at radius 3 is 2.50 bits per heavy atom. The molecule has 0 radical (unpaired) electrons. The number of hydrogen-bond acceptors (Lipinski definition) is 2. The van der Waals surface area contributed by atoms with Gasteiger partial charge in [0.15, 0.2) is 0 Å². The molecule has 0 saturated carbocycles. The van der Waals surface area contributed by atoms with E-state index in [0.717, 1.165) is 10.7 Å². The van der Waals surface area contributed by atoms with Crippen LogP contribution in [0.4, 0.5) is 0 Å². The van der Waals surface area contributed by atoms with E-state index in [1.54, 1.807) is 18.0 Å². The van der Waals surface area contributed by atoms with Crippen molar-refractivity contribution in [2.24, 2.45) is 0 Å². The van der Waals surface area contributed by atoms with E-state index in [2.05, 4.69) is 25.8 Å². The van der Waals surface area contributed by atoms with E-state index < -0.39 is 0 Å². The van der Waals surface area contributed by atoms with Crippen LogP contribution in [-0.2, 0) is 0 Å². The third-order valence-electron chi connectivity index (χ3n) is 1.23. The van der Waals surface area contributed by atoms with Crippen molar-refractivity contribution in [3.8, 4) is 0 Å². The maximum atomic E-state index is 5.18. The Morgan fingerprint density at radius 2 is 2.07 bits per heavy atom. The predicted octanol–water partition coefficient (Wildman–Crippen LogP) is 4.93. The molecule has 0 saturated heterocycles. The first kappa shape index (κ1) is 13.1. The van der Waals surface area contributed by atoms with Gasteiger partial charge in [0.2, 0.25) is 0 Å². The summed E-state index contributed by atoms with van der Waals surface area (Å²) in [7, 11) is 0. The molecule has 0 amide bonds. The summed E-state index contributed by atoms with van der Waals surface area (Å²) in [6.07, 6.45) is 1.66. The summed E-state index contributed by atoms with van der Waals surface area (Å²) in [6, 6.07) is 3.78. The Hall–Kier alpha value is -0.890. The summed E-state index contributed by atoms with van der Waals surface area (Å²) < 4.78 is 5.18. The monoisotopic (exact) mass is 210 g/mol. The Balaban J connectivity index is 0.000000791. The predicted molar refractivity (Wildman–Crippen MR) is 66.1 cm³/mol. The number of thioether (sulfide) groups is 1. The third-order valence-corrected chi connectivity index (χ3v) is 2.31. The van der Waals surface area contributed by atoms with Gasteiger partial charge in [-0.15, -0.1) is 0 Å². The van der Waals surface area contributed by atoms with Crippen LogP contribution >= 0.6 is 11.8 Å². The summed E-state index contributed by atoms with van der Waals surface area (Å²) >= 11 is 1.59. The fourth-order valence-corrected chi connectivity index (χ4v) is 1.29. The van der Waals surface area contributed by atoms with E-state index in [0.29, 0.717) is 0 Å². The topological polar surface area (TPSA) is 13.1 Å². The lowest BCUT2D eigenvalue weighted by atomic mass is 10.4. The summed E-state index contributed by atoms with van der Waals surface area (Å²) in [5.74, 6) is 0.845. The van der Waals surface area contributed by atoms with Gasteiger partial charge < -0.3 is 4.42 Å². The van der Waals surface area contributed by atoms with E-state index in [1.165, 1.54) is 5.57 Å². The van der Waals surface area contributed by atoms with Crippen molar-refractivity contribution in [3.63, 3.8) is 0 Å². The van der Waals surface area contributed by atoms with E-state index in [-0.39, 0.29) is 0 Å². The number of allylic oxidation sites excluding steroid dienone is 1. The van der Waals surface area contributed by atoms with Crippen LogP contribution in [0.25, 0.3) is 4.91 Å². The van der Waals surface area contributed by atoms with Crippen LogP contribution in [-0.4, -0.2) is 0 Å². The van der Waals surface area contributed by atoms with Gasteiger partial charge in [-0.2, -0.15) is 0 Å². The van der Waals surface area contributed by atoms with Crippen molar-refractivity contribution in [2.75, 3.05) is 0 Å². The highest BCUT2D eigenvalue weighted by molar-refractivity contribution is 8.10. The lowest BCUT2D eigenvalue weighted by Gasteiger charge is -1.96. The van der Waals surface area contributed by atoms with Crippen LogP contribution < -0.4 is 0 Å². The van der Waals surface area contributed by atoms with Gasteiger partial charge in [0.05, 0.1) is 6.26 Å². The van der Waals surface area contributed by atoms with Crippen molar-refractivity contribution in [3.05, 3.63) is 41.7 Å². The molecule has 1 aromatic heterocycles. The molecule has 0 aromatic carbocycles. The molecule has 0 aliphatic heterocycles. The quantitative estimate of drug-likeness (QED) is 0.701. The minimum Gasteiger partial charge on any atom is -0.464 e. The first-order chi connectivity index (χ1) is 6.70. The molecule has 0 aliphatic rings. The zero-order valence-corrected chi connectivity index (χ0v) is 10.1. The maximum Gasteiger partial charge on any atom is 0.139 e. The summed E-state index contributed by atoms with van der Waals surface area (Å²) in [5, 5.41) is 2.06. The number of hydrogen-bond donors (Lipinski definition) is 0. The molecule has 0 aliphatic carbocycles. The molecule has 0 unspecified atom stereocenters. The van der Waals surface area contributed by atoms with Gasteiger partial charge in [-0.25, -0.2) is 0 Å². The Morgan fingerprint density at radius 1 is 1.43 bits per heavy atom. The molecule has 0 N–H and O–H groups in total. The van der Waals surface area contributed by atoms with Crippen LogP contribution in [0.1, 0.15) is 33.5 Å². The Bertz CT molecular complexity index is 279. The first-order valence-corrected chi connectivity index (χ1v) is 5.61. The van der Waals surface area contributed by atoms with E-state index in [1.807, 2.05) is 26.0 Å². The average Bonchev–Trinajstić information content (AvgIpc) is 2.70. The van der Waals surface area contributed by atoms with E-state index in [4.69, 9.17) is 4.42 Å². The molecule has 14 heavy (non-hydrogen) atoms. The lowest BCUT2D eigenvalue weighted by Crippen LogP contribution is -1.69. The van der Waals surface area contributed by atoms with Gasteiger partial charge in [-0.05, 0) is 31.4 Å². The third kappa shape index (κ3) is 4.97. The van der Waals surface area contributed by atoms with Crippen molar-refractivity contribution < 1.29 is 4.42 Å². The van der Waals surface area contributed by atoms with Gasteiger partial charge in [0, 0.05) is 4.91 Å². The SMILES string of the molecule is C=C(SC=C(C)C)c1ccco1.CC. The Kier molecular flexibility index (Phi) is 7.03. The molecule has 1 rings (SSSR count). The fourth-order valence-electron chi connectivity index (χ4n) is 0.684. The zero-order valence-electron chi connectivity index (χ0n) is 9.33. The van der Waals surface area contributed by atoms with Crippen LogP contribution in [0.3, 0.4) is 0 Å². The second-order valence-corrected chi connectivity index (χ2v) is 3.68. The molecule has 1 aromatic rings. The highest BCUT2D eigenvalue weighted by Gasteiger charge is 1.99. The first-order valence-electron chi connectivity index (χ1n) is 4.73. The largest absolute Gasteiger partial charge is 0.464 e. The van der Waals surface area contributed by atoms with Gasteiger partial charge in [-0.1, -0.05) is 37.8 Å². The highest BCUT2D eigenvalue weighted by Crippen LogP contribution is 2.27. The smallest absolute Gasteiger partial charge is 0.139 e. The molecule has 78 valence electrons. The molecule has 1 heterocycles. The van der Waals surface area contributed by atoms with Gasteiger partial charge in [-0.3, -0.25) is 0 Å². The number of rotatable bonds is 3. The zero-order chi connectivity index (χ0) is 11.0. The highest BCUT2D eigenvalue weighted by atomic mass is 32.2. The normalized spacial score (nSPS) is 8.57. The van der Waals surface area contributed by atoms with E-state index in [9.17, 15) is 0 Å². The molecular formula is C12H18OS. The molecule has 0 spiro atoms. The maximum absolute atomic E-state index is 5.18. The lowest BCUT2D eigenvalue weighted by molar-refractivity contribution is 0.556. The van der Waals surface area contributed by atoms with Crippen molar-refractivity contribution in [1.82, 2.24) is 0 Å². The fraction of sp³-hybridized carbons (Fsp3) is 0.333. The van der Waals surface area contributed by atoms with Crippen LogP contribution in [0.15, 0.2) is 40.4 Å². The number of furan rings is 1. The van der Waals surface area contributed by atoms with Gasteiger partial charge in [0.25, 0.3) is 0 Å². The molecule has 0 bridgehead atoms. The van der Waals surface area contributed by atoms with Crippen LogP contribution in [0.5, 0.6) is 0 Å². The van der Waals surface area contributed by atoms with Crippen LogP contribution in [0, 0.1) is 0 Å². The minimum absolute atomic E-state index is 0.845. The van der Waals surface area contributed by atoms with Crippen LogP contribution in [0.2, 0.25) is 0 Å². The summed E-state index contributed by atoms with van der Waals surface area (Å²) in [4.78, 5) is 0.946. The van der Waals surface area contributed by atoms with Crippen molar-refractivity contribution in [1.29, 1.82) is 0 Å². The average molecular weight is 210 g/mol. The second kappa shape index (κ2) is 7.51. The molecular weight excluding hydrogens is 192 g/mol. The molecule has 1 nitrogen and oxygen atoms in total. The van der Waals surface area contributed by atoms with Gasteiger partial charge >= 0.3 is 0 Å². The molecule has 2 heteroatoms. The second-order valence-electron chi connectivity index (χ2n) is 2.71. The summed E-state index contributed by atoms with van der Waals surface area (Å²) in [6.45, 7) is 12.0. The Labute approximate surface area is 90.9 Å². The minimum atomic E-state index is 0.845.